The highest BCUT2D eigenvalue weighted by molar-refractivity contribution is 9.11. The van der Waals surface area contributed by atoms with E-state index >= 15 is 0 Å². The standard InChI is InChI=1S/C12H16BrNO/c1-10(13)8-14-12(9-15-2)11-6-4-3-5-7-11/h3-7,12,14H,1,8-9H2,2H3/t12-/m1/s1. The van der Waals surface area contributed by atoms with Crippen molar-refractivity contribution in [2.45, 2.75) is 6.04 Å². The molecule has 0 aliphatic rings. The van der Waals surface area contributed by atoms with E-state index in [1.54, 1.807) is 7.11 Å². The molecule has 0 radical (unpaired) electrons. The molecule has 0 heterocycles. The smallest absolute Gasteiger partial charge is 0.0657 e. The molecule has 0 spiro atoms. The molecular formula is C12H16BrNO. The Labute approximate surface area is 99.5 Å². The summed E-state index contributed by atoms with van der Waals surface area (Å²) in [5.41, 5.74) is 1.23. The number of ether oxygens (including phenoxy) is 1. The van der Waals surface area contributed by atoms with E-state index < -0.39 is 0 Å². The molecule has 0 saturated carbocycles. The number of methoxy groups -OCH3 is 1. The summed E-state index contributed by atoms with van der Waals surface area (Å²) in [6.45, 7) is 5.19. The highest BCUT2D eigenvalue weighted by Crippen LogP contribution is 2.13. The van der Waals surface area contributed by atoms with E-state index in [-0.39, 0.29) is 6.04 Å². The zero-order valence-electron chi connectivity index (χ0n) is 8.87. The van der Waals surface area contributed by atoms with Gasteiger partial charge in [0.15, 0.2) is 0 Å². The van der Waals surface area contributed by atoms with Crippen LogP contribution < -0.4 is 5.32 Å². The maximum absolute atomic E-state index is 5.18. The molecule has 1 N–H and O–H groups in total. The average molecular weight is 270 g/mol. The fourth-order valence-corrected chi connectivity index (χ4v) is 1.52. The molecule has 0 aliphatic heterocycles. The van der Waals surface area contributed by atoms with E-state index in [0.29, 0.717) is 6.61 Å². The third-order valence-electron chi connectivity index (χ3n) is 2.08. The van der Waals surface area contributed by atoms with Gasteiger partial charge in [0.2, 0.25) is 0 Å². The minimum Gasteiger partial charge on any atom is -0.383 e. The Morgan fingerprint density at radius 3 is 2.67 bits per heavy atom. The van der Waals surface area contributed by atoms with Gasteiger partial charge in [0.05, 0.1) is 12.6 Å². The Kier molecular flexibility index (Phi) is 5.61. The Balaban J connectivity index is 2.61. The maximum atomic E-state index is 5.18. The van der Waals surface area contributed by atoms with E-state index in [2.05, 4.69) is 40.0 Å². The average Bonchev–Trinajstić information content (AvgIpc) is 2.25. The quantitative estimate of drug-likeness (QED) is 0.858. The Hall–Kier alpha value is -0.640. The van der Waals surface area contributed by atoms with Gasteiger partial charge in [-0.1, -0.05) is 52.8 Å². The molecule has 0 amide bonds. The van der Waals surface area contributed by atoms with Gasteiger partial charge in [-0.3, -0.25) is 0 Å². The lowest BCUT2D eigenvalue weighted by atomic mass is 10.1. The van der Waals surface area contributed by atoms with Gasteiger partial charge < -0.3 is 10.1 Å². The second-order valence-corrected chi connectivity index (χ2v) is 4.44. The van der Waals surface area contributed by atoms with Crippen molar-refractivity contribution in [3.63, 3.8) is 0 Å². The van der Waals surface area contributed by atoms with Crippen molar-refractivity contribution < 1.29 is 4.74 Å². The number of hydrogen-bond donors (Lipinski definition) is 1. The predicted octanol–water partition coefficient (Wildman–Crippen LogP) is 2.87. The summed E-state index contributed by atoms with van der Waals surface area (Å²) in [6, 6.07) is 10.5. The molecule has 1 aromatic carbocycles. The van der Waals surface area contributed by atoms with Crippen molar-refractivity contribution in [1.82, 2.24) is 5.32 Å². The summed E-state index contributed by atoms with van der Waals surface area (Å²) in [4.78, 5) is 0. The Morgan fingerprint density at radius 2 is 2.13 bits per heavy atom. The van der Waals surface area contributed by atoms with Crippen LogP contribution in [0.5, 0.6) is 0 Å². The second kappa shape index (κ2) is 6.77. The fourth-order valence-electron chi connectivity index (χ4n) is 1.36. The van der Waals surface area contributed by atoms with Gasteiger partial charge in [0, 0.05) is 18.1 Å². The number of benzene rings is 1. The van der Waals surface area contributed by atoms with Crippen LogP contribution in [0.2, 0.25) is 0 Å². The van der Waals surface area contributed by atoms with Crippen LogP contribution in [0.1, 0.15) is 11.6 Å². The first-order valence-electron chi connectivity index (χ1n) is 4.84. The minimum absolute atomic E-state index is 0.213. The van der Waals surface area contributed by atoms with E-state index in [0.717, 1.165) is 11.0 Å². The lowest BCUT2D eigenvalue weighted by Gasteiger charge is -2.18. The van der Waals surface area contributed by atoms with Gasteiger partial charge in [-0.15, -0.1) is 0 Å². The van der Waals surface area contributed by atoms with Crippen molar-refractivity contribution in [2.24, 2.45) is 0 Å². The van der Waals surface area contributed by atoms with Crippen molar-refractivity contribution in [1.29, 1.82) is 0 Å². The van der Waals surface area contributed by atoms with Gasteiger partial charge in [0.25, 0.3) is 0 Å². The molecule has 0 aliphatic carbocycles. The number of hydrogen-bond acceptors (Lipinski definition) is 2. The first kappa shape index (κ1) is 12.4. The van der Waals surface area contributed by atoms with Crippen molar-refractivity contribution >= 4 is 15.9 Å². The summed E-state index contributed by atoms with van der Waals surface area (Å²) >= 11 is 3.33. The lowest BCUT2D eigenvalue weighted by molar-refractivity contribution is 0.168. The summed E-state index contributed by atoms with van der Waals surface area (Å²) < 4.78 is 6.13. The van der Waals surface area contributed by atoms with Gasteiger partial charge in [0.1, 0.15) is 0 Å². The summed E-state index contributed by atoms with van der Waals surface area (Å²) in [6.07, 6.45) is 0. The largest absolute Gasteiger partial charge is 0.383 e. The third-order valence-corrected chi connectivity index (χ3v) is 2.36. The van der Waals surface area contributed by atoms with Crippen LogP contribution in [0.25, 0.3) is 0 Å². The summed E-state index contributed by atoms with van der Waals surface area (Å²) in [5.74, 6) is 0. The molecule has 1 aromatic rings. The van der Waals surface area contributed by atoms with Crippen molar-refractivity contribution in [3.05, 3.63) is 47.0 Å². The zero-order chi connectivity index (χ0) is 11.1. The SMILES string of the molecule is C=C(Br)CN[C@H](COC)c1ccccc1. The number of halogens is 1. The van der Waals surface area contributed by atoms with Crippen LogP contribution in [0.4, 0.5) is 0 Å². The number of rotatable bonds is 6. The summed E-state index contributed by atoms with van der Waals surface area (Å²) in [7, 11) is 1.71. The molecular weight excluding hydrogens is 254 g/mol. The third kappa shape index (κ3) is 4.60. The van der Waals surface area contributed by atoms with E-state index in [1.165, 1.54) is 5.56 Å². The van der Waals surface area contributed by atoms with Gasteiger partial charge in [-0.05, 0) is 5.56 Å². The molecule has 0 bridgehead atoms. The predicted molar refractivity (Wildman–Crippen MR) is 67.1 cm³/mol. The summed E-state index contributed by atoms with van der Waals surface area (Å²) in [5, 5.41) is 3.36. The fraction of sp³-hybridized carbons (Fsp3) is 0.333. The minimum atomic E-state index is 0.213. The van der Waals surface area contributed by atoms with E-state index in [1.807, 2.05) is 18.2 Å². The molecule has 3 heteroatoms. The number of nitrogens with one attached hydrogen (secondary N) is 1. The van der Waals surface area contributed by atoms with Crippen LogP contribution in [0.15, 0.2) is 41.4 Å². The van der Waals surface area contributed by atoms with Crippen LogP contribution in [0.3, 0.4) is 0 Å². The van der Waals surface area contributed by atoms with Crippen LogP contribution >= 0.6 is 15.9 Å². The van der Waals surface area contributed by atoms with Crippen LogP contribution in [-0.2, 0) is 4.74 Å². The Bertz CT molecular complexity index is 300. The molecule has 0 saturated heterocycles. The first-order valence-corrected chi connectivity index (χ1v) is 5.64. The molecule has 0 aromatic heterocycles. The molecule has 0 fully saturated rings. The molecule has 1 rings (SSSR count). The maximum Gasteiger partial charge on any atom is 0.0657 e. The highest BCUT2D eigenvalue weighted by atomic mass is 79.9. The van der Waals surface area contributed by atoms with Gasteiger partial charge >= 0.3 is 0 Å². The van der Waals surface area contributed by atoms with Crippen LogP contribution in [0, 0.1) is 0 Å². The van der Waals surface area contributed by atoms with Gasteiger partial charge in [-0.25, -0.2) is 0 Å². The topological polar surface area (TPSA) is 21.3 Å². The second-order valence-electron chi connectivity index (χ2n) is 3.32. The van der Waals surface area contributed by atoms with Crippen molar-refractivity contribution in [2.75, 3.05) is 20.3 Å². The van der Waals surface area contributed by atoms with E-state index in [4.69, 9.17) is 4.74 Å². The van der Waals surface area contributed by atoms with Gasteiger partial charge in [-0.2, -0.15) is 0 Å². The van der Waals surface area contributed by atoms with E-state index in [9.17, 15) is 0 Å². The van der Waals surface area contributed by atoms with Crippen LogP contribution in [-0.4, -0.2) is 20.3 Å². The lowest BCUT2D eigenvalue weighted by Crippen LogP contribution is -2.26. The molecule has 15 heavy (non-hydrogen) atoms. The molecule has 82 valence electrons. The van der Waals surface area contributed by atoms with Crippen molar-refractivity contribution in [3.8, 4) is 0 Å². The zero-order valence-corrected chi connectivity index (χ0v) is 10.5. The molecule has 2 nitrogen and oxygen atoms in total. The monoisotopic (exact) mass is 269 g/mol. The normalized spacial score (nSPS) is 12.4. The Morgan fingerprint density at radius 1 is 1.47 bits per heavy atom. The highest BCUT2D eigenvalue weighted by Gasteiger charge is 2.09. The first-order chi connectivity index (χ1) is 7.24. The molecule has 1 atom stereocenters. The molecule has 0 unspecified atom stereocenters.